The van der Waals surface area contributed by atoms with Crippen LogP contribution in [0.3, 0.4) is 0 Å². The maximum absolute atomic E-state index is 5.57. The number of hydrogen-bond donors (Lipinski definition) is 0. The lowest BCUT2D eigenvalue weighted by Gasteiger charge is -2.05. The molecule has 2 rings (SSSR count). The second-order valence-electron chi connectivity index (χ2n) is 3.10. The number of para-hydroxylation sites is 1. The lowest BCUT2D eigenvalue weighted by atomic mass is 10.3. The van der Waals surface area contributed by atoms with Crippen LogP contribution in [0.25, 0.3) is 0 Å². The van der Waals surface area contributed by atoms with Gasteiger partial charge in [-0.05, 0) is 12.1 Å². The van der Waals surface area contributed by atoms with Crippen molar-refractivity contribution in [1.29, 1.82) is 0 Å². The number of rotatable bonds is 3. The van der Waals surface area contributed by atoms with Crippen molar-refractivity contribution in [2.75, 3.05) is 0 Å². The van der Waals surface area contributed by atoms with Gasteiger partial charge in [0.1, 0.15) is 12.4 Å². The highest BCUT2D eigenvalue weighted by atomic mass is 16.5. The van der Waals surface area contributed by atoms with Gasteiger partial charge in [-0.25, -0.2) is 4.98 Å². The number of hydrogen-bond acceptors (Lipinski definition) is 2. The molecule has 0 aliphatic heterocycles. The summed E-state index contributed by atoms with van der Waals surface area (Å²) in [6, 6.07) is 9.76. The summed E-state index contributed by atoms with van der Waals surface area (Å²) in [6.07, 6.45) is 3.58. The molecule has 0 spiro atoms. The Labute approximate surface area is 83.0 Å². The Bertz CT molecular complexity index is 395. The molecule has 3 nitrogen and oxygen atoms in total. The molecule has 0 saturated heterocycles. The Balaban J connectivity index is 1.99. The van der Waals surface area contributed by atoms with Crippen LogP contribution in [-0.2, 0) is 13.7 Å². The Morgan fingerprint density at radius 1 is 1.29 bits per heavy atom. The highest BCUT2D eigenvalue weighted by Crippen LogP contribution is 2.10. The zero-order valence-corrected chi connectivity index (χ0v) is 8.05. The Kier molecular flexibility index (Phi) is 2.49. The van der Waals surface area contributed by atoms with E-state index in [9.17, 15) is 0 Å². The van der Waals surface area contributed by atoms with E-state index in [1.807, 2.05) is 48.1 Å². The van der Waals surface area contributed by atoms with Crippen molar-refractivity contribution in [2.45, 2.75) is 6.61 Å². The lowest BCUT2D eigenvalue weighted by molar-refractivity contribution is 0.297. The predicted octanol–water partition coefficient (Wildman–Crippen LogP) is 2.00. The van der Waals surface area contributed by atoms with Crippen molar-refractivity contribution in [3.8, 4) is 5.75 Å². The second kappa shape index (κ2) is 3.96. The molecule has 0 bridgehead atoms. The molecule has 3 heteroatoms. The van der Waals surface area contributed by atoms with E-state index in [1.165, 1.54) is 0 Å². The van der Waals surface area contributed by atoms with E-state index in [4.69, 9.17) is 4.74 Å². The van der Waals surface area contributed by atoms with E-state index >= 15 is 0 Å². The lowest BCUT2D eigenvalue weighted by Crippen LogP contribution is -2.00. The molecule has 0 unspecified atom stereocenters. The third kappa shape index (κ3) is 1.93. The number of benzene rings is 1. The fraction of sp³-hybridized carbons (Fsp3) is 0.182. The minimum absolute atomic E-state index is 0.556. The Morgan fingerprint density at radius 2 is 2.07 bits per heavy atom. The van der Waals surface area contributed by atoms with Crippen LogP contribution in [0, 0.1) is 0 Å². The van der Waals surface area contributed by atoms with Crippen LogP contribution in [0.15, 0.2) is 42.9 Å². The molecule has 0 aliphatic rings. The van der Waals surface area contributed by atoms with Gasteiger partial charge in [0.2, 0.25) is 0 Å². The van der Waals surface area contributed by atoms with Crippen LogP contribution in [0.5, 0.6) is 5.75 Å². The van der Waals surface area contributed by atoms with Gasteiger partial charge < -0.3 is 9.30 Å². The van der Waals surface area contributed by atoms with E-state index in [-0.39, 0.29) is 0 Å². The van der Waals surface area contributed by atoms with E-state index < -0.39 is 0 Å². The smallest absolute Gasteiger partial charge is 0.130 e. The van der Waals surface area contributed by atoms with Crippen molar-refractivity contribution in [1.82, 2.24) is 9.55 Å². The van der Waals surface area contributed by atoms with Crippen LogP contribution in [0.1, 0.15) is 5.69 Å². The first-order valence-corrected chi connectivity index (χ1v) is 4.49. The van der Waals surface area contributed by atoms with Gasteiger partial charge in [0.15, 0.2) is 0 Å². The average molecular weight is 188 g/mol. The molecule has 72 valence electrons. The van der Waals surface area contributed by atoms with Crippen molar-refractivity contribution < 1.29 is 4.74 Å². The van der Waals surface area contributed by atoms with Gasteiger partial charge >= 0.3 is 0 Å². The van der Waals surface area contributed by atoms with Gasteiger partial charge in [-0.1, -0.05) is 18.2 Å². The SMILES string of the molecule is Cn1cncc1COc1ccccc1. The summed E-state index contributed by atoms with van der Waals surface area (Å²) in [5, 5.41) is 0. The number of nitrogens with zero attached hydrogens (tertiary/aromatic N) is 2. The quantitative estimate of drug-likeness (QED) is 0.736. The molecule has 0 saturated carbocycles. The maximum atomic E-state index is 5.57. The summed E-state index contributed by atoms with van der Waals surface area (Å²) in [6.45, 7) is 0.556. The Morgan fingerprint density at radius 3 is 2.71 bits per heavy atom. The van der Waals surface area contributed by atoms with Crippen molar-refractivity contribution in [3.63, 3.8) is 0 Å². The third-order valence-corrected chi connectivity index (χ3v) is 2.05. The third-order valence-electron chi connectivity index (χ3n) is 2.05. The molecule has 0 aliphatic carbocycles. The number of aryl methyl sites for hydroxylation is 1. The van der Waals surface area contributed by atoms with Gasteiger partial charge in [-0.15, -0.1) is 0 Å². The minimum Gasteiger partial charge on any atom is -0.487 e. The largest absolute Gasteiger partial charge is 0.487 e. The van der Waals surface area contributed by atoms with E-state index in [2.05, 4.69) is 4.98 Å². The van der Waals surface area contributed by atoms with Crippen molar-refractivity contribution >= 4 is 0 Å². The van der Waals surface area contributed by atoms with Crippen LogP contribution >= 0.6 is 0 Å². The first-order valence-electron chi connectivity index (χ1n) is 4.49. The fourth-order valence-electron chi connectivity index (χ4n) is 1.20. The molecule has 14 heavy (non-hydrogen) atoms. The van der Waals surface area contributed by atoms with Crippen LogP contribution in [0.4, 0.5) is 0 Å². The molecule has 0 amide bonds. The maximum Gasteiger partial charge on any atom is 0.130 e. The van der Waals surface area contributed by atoms with Gasteiger partial charge in [-0.3, -0.25) is 0 Å². The van der Waals surface area contributed by atoms with E-state index in [1.54, 1.807) is 6.33 Å². The van der Waals surface area contributed by atoms with Crippen LogP contribution < -0.4 is 4.74 Å². The fourth-order valence-corrected chi connectivity index (χ4v) is 1.20. The zero-order valence-electron chi connectivity index (χ0n) is 8.05. The average Bonchev–Trinajstić information content (AvgIpc) is 2.63. The molecular weight excluding hydrogens is 176 g/mol. The van der Waals surface area contributed by atoms with Gasteiger partial charge in [0, 0.05) is 7.05 Å². The van der Waals surface area contributed by atoms with Gasteiger partial charge in [-0.2, -0.15) is 0 Å². The summed E-state index contributed by atoms with van der Waals surface area (Å²) >= 11 is 0. The summed E-state index contributed by atoms with van der Waals surface area (Å²) < 4.78 is 7.52. The van der Waals surface area contributed by atoms with Crippen molar-refractivity contribution in [3.05, 3.63) is 48.5 Å². The summed E-state index contributed by atoms with van der Waals surface area (Å²) in [4.78, 5) is 4.02. The normalized spacial score (nSPS) is 10.1. The number of aromatic nitrogens is 2. The highest BCUT2D eigenvalue weighted by Gasteiger charge is 1.98. The standard InChI is InChI=1S/C11H12N2O/c1-13-9-12-7-10(13)8-14-11-5-3-2-4-6-11/h2-7,9H,8H2,1H3. The van der Waals surface area contributed by atoms with Crippen molar-refractivity contribution in [2.24, 2.45) is 7.05 Å². The van der Waals surface area contributed by atoms with Crippen LogP contribution in [-0.4, -0.2) is 9.55 Å². The number of ether oxygens (including phenoxy) is 1. The molecule has 0 N–H and O–H groups in total. The first-order chi connectivity index (χ1) is 6.86. The molecule has 0 fully saturated rings. The first kappa shape index (κ1) is 8.81. The molecule has 0 atom stereocenters. The highest BCUT2D eigenvalue weighted by molar-refractivity contribution is 5.21. The van der Waals surface area contributed by atoms with E-state index in [0.29, 0.717) is 6.61 Å². The van der Waals surface area contributed by atoms with Crippen LogP contribution in [0.2, 0.25) is 0 Å². The summed E-state index contributed by atoms with van der Waals surface area (Å²) in [7, 11) is 1.96. The van der Waals surface area contributed by atoms with Gasteiger partial charge in [0.25, 0.3) is 0 Å². The molecule has 1 aromatic heterocycles. The monoisotopic (exact) mass is 188 g/mol. The molecule has 2 aromatic rings. The van der Waals surface area contributed by atoms with Gasteiger partial charge in [0.05, 0.1) is 18.2 Å². The minimum atomic E-state index is 0.556. The number of imidazole rings is 1. The molecular formula is C11H12N2O. The summed E-state index contributed by atoms with van der Waals surface area (Å²) in [5.74, 6) is 0.883. The predicted molar refractivity (Wildman–Crippen MR) is 54.0 cm³/mol. The molecule has 1 aromatic carbocycles. The van der Waals surface area contributed by atoms with E-state index in [0.717, 1.165) is 11.4 Å². The zero-order chi connectivity index (χ0) is 9.80. The molecule has 0 radical (unpaired) electrons. The topological polar surface area (TPSA) is 27.1 Å². The molecule has 1 heterocycles. The summed E-state index contributed by atoms with van der Waals surface area (Å²) in [5.41, 5.74) is 1.06. The Hall–Kier alpha value is -1.77. The second-order valence-corrected chi connectivity index (χ2v) is 3.10.